The van der Waals surface area contributed by atoms with E-state index < -0.39 is 6.09 Å². The van der Waals surface area contributed by atoms with E-state index in [1.165, 1.54) is 39.2 Å². The zero-order valence-corrected chi connectivity index (χ0v) is 13.0. The maximum atomic E-state index is 11.3. The van der Waals surface area contributed by atoms with E-state index in [4.69, 9.17) is 0 Å². The first-order chi connectivity index (χ1) is 10.2. The van der Waals surface area contributed by atoms with E-state index in [0.717, 1.165) is 23.7 Å². The van der Waals surface area contributed by atoms with Gasteiger partial charge in [-0.25, -0.2) is 4.79 Å². The molecular weight excluding hydrogens is 264 g/mol. The van der Waals surface area contributed by atoms with E-state index in [1.54, 1.807) is 0 Å². The molecule has 0 spiro atoms. The number of carbonyl (C=O) groups is 1. The lowest BCUT2D eigenvalue weighted by molar-refractivity contribution is 0.187. The maximum absolute atomic E-state index is 11.3. The van der Waals surface area contributed by atoms with Gasteiger partial charge in [-0.2, -0.15) is 0 Å². The Kier molecular flexibility index (Phi) is 6.05. The number of rotatable bonds is 6. The van der Waals surface area contributed by atoms with Gasteiger partial charge in [-0.3, -0.25) is 5.32 Å². The molecule has 0 radical (unpaired) electrons. The van der Waals surface area contributed by atoms with Crippen LogP contribution in [0.2, 0.25) is 0 Å². The van der Waals surface area contributed by atoms with Crippen LogP contribution in [0.1, 0.15) is 44.6 Å². The van der Waals surface area contributed by atoms with E-state index in [9.17, 15) is 4.79 Å². The first-order valence-electron chi connectivity index (χ1n) is 7.85. The number of anilines is 1. The highest BCUT2D eigenvalue weighted by molar-refractivity contribution is 5.85. The van der Waals surface area contributed by atoms with Crippen LogP contribution in [0.5, 0.6) is 0 Å². The van der Waals surface area contributed by atoms with Crippen molar-refractivity contribution < 1.29 is 9.53 Å². The standard InChI is InChI=1S/C17H26N2O2/c1-13(11-14-7-3-4-8-14)18-12-15-9-5-6-10-16(15)19-17(20)21-2/h5-6,9-10,13-14,18H,3-4,7-8,11-12H2,1-2H3,(H,19,20)/t13-/m0/s1. The molecule has 0 bridgehead atoms. The molecule has 4 heteroatoms. The highest BCUT2D eigenvalue weighted by Gasteiger charge is 2.17. The maximum Gasteiger partial charge on any atom is 0.411 e. The molecule has 2 rings (SSSR count). The van der Waals surface area contributed by atoms with Crippen LogP contribution in [0.3, 0.4) is 0 Å². The van der Waals surface area contributed by atoms with Crippen molar-refractivity contribution in [2.45, 2.75) is 51.6 Å². The number of nitrogens with one attached hydrogen (secondary N) is 2. The molecule has 1 atom stereocenters. The molecule has 0 saturated heterocycles. The second-order valence-corrected chi connectivity index (χ2v) is 5.94. The van der Waals surface area contributed by atoms with Gasteiger partial charge in [0, 0.05) is 18.3 Å². The zero-order chi connectivity index (χ0) is 15.1. The number of benzene rings is 1. The average molecular weight is 290 g/mol. The Labute approximate surface area is 127 Å². The van der Waals surface area contributed by atoms with Crippen LogP contribution in [0.25, 0.3) is 0 Å². The molecule has 1 aromatic rings. The van der Waals surface area contributed by atoms with Crippen LogP contribution in [0, 0.1) is 5.92 Å². The van der Waals surface area contributed by atoms with Crippen LogP contribution in [-0.4, -0.2) is 19.2 Å². The fourth-order valence-corrected chi connectivity index (χ4v) is 3.07. The Bertz CT molecular complexity index is 456. The van der Waals surface area contributed by atoms with Crippen molar-refractivity contribution in [2.75, 3.05) is 12.4 Å². The summed E-state index contributed by atoms with van der Waals surface area (Å²) >= 11 is 0. The van der Waals surface area contributed by atoms with Crippen LogP contribution in [0.4, 0.5) is 10.5 Å². The summed E-state index contributed by atoms with van der Waals surface area (Å²) in [6.07, 6.45) is 6.36. The topological polar surface area (TPSA) is 50.4 Å². The van der Waals surface area contributed by atoms with Crippen molar-refractivity contribution in [1.29, 1.82) is 0 Å². The molecule has 0 aliphatic heterocycles. The monoisotopic (exact) mass is 290 g/mol. The molecular formula is C17H26N2O2. The average Bonchev–Trinajstić information content (AvgIpc) is 2.99. The smallest absolute Gasteiger partial charge is 0.411 e. The third-order valence-electron chi connectivity index (χ3n) is 4.24. The first kappa shape index (κ1) is 15.8. The molecule has 0 heterocycles. The first-order valence-corrected chi connectivity index (χ1v) is 7.85. The van der Waals surface area contributed by atoms with Gasteiger partial charge in [-0.05, 0) is 30.9 Å². The Morgan fingerprint density at radius 3 is 2.76 bits per heavy atom. The minimum absolute atomic E-state index is 0.429. The molecule has 1 amide bonds. The third-order valence-corrected chi connectivity index (χ3v) is 4.24. The Hall–Kier alpha value is -1.55. The lowest BCUT2D eigenvalue weighted by atomic mass is 9.99. The van der Waals surface area contributed by atoms with E-state index >= 15 is 0 Å². The number of ether oxygens (including phenoxy) is 1. The van der Waals surface area contributed by atoms with Crippen LogP contribution < -0.4 is 10.6 Å². The Morgan fingerprint density at radius 1 is 1.33 bits per heavy atom. The molecule has 1 saturated carbocycles. The summed E-state index contributed by atoms with van der Waals surface area (Å²) < 4.78 is 4.65. The minimum Gasteiger partial charge on any atom is -0.453 e. The summed E-state index contributed by atoms with van der Waals surface area (Å²) in [5, 5.41) is 6.32. The van der Waals surface area contributed by atoms with Gasteiger partial charge in [0.1, 0.15) is 0 Å². The summed E-state index contributed by atoms with van der Waals surface area (Å²) in [5.74, 6) is 0.885. The summed E-state index contributed by atoms with van der Waals surface area (Å²) in [4.78, 5) is 11.3. The quantitative estimate of drug-likeness (QED) is 0.834. The predicted octanol–water partition coefficient (Wildman–Crippen LogP) is 3.92. The largest absolute Gasteiger partial charge is 0.453 e. The highest BCUT2D eigenvalue weighted by atomic mass is 16.5. The van der Waals surface area contributed by atoms with E-state index in [0.29, 0.717) is 6.04 Å². The number of carbonyl (C=O) groups excluding carboxylic acids is 1. The number of hydrogen-bond donors (Lipinski definition) is 2. The van der Waals surface area contributed by atoms with Crippen molar-refractivity contribution in [2.24, 2.45) is 5.92 Å². The van der Waals surface area contributed by atoms with Crippen molar-refractivity contribution in [3.63, 3.8) is 0 Å². The summed E-state index contributed by atoms with van der Waals surface area (Å²) in [5.41, 5.74) is 1.89. The Balaban J connectivity index is 1.85. The minimum atomic E-state index is -0.429. The van der Waals surface area contributed by atoms with Gasteiger partial charge < -0.3 is 10.1 Å². The molecule has 2 N–H and O–H groups in total. The molecule has 0 unspecified atom stereocenters. The fourth-order valence-electron chi connectivity index (χ4n) is 3.07. The normalized spacial score (nSPS) is 16.7. The van der Waals surface area contributed by atoms with Crippen molar-refractivity contribution in [3.8, 4) is 0 Å². The van der Waals surface area contributed by atoms with Gasteiger partial charge in [0.25, 0.3) is 0 Å². The van der Waals surface area contributed by atoms with Gasteiger partial charge >= 0.3 is 6.09 Å². The van der Waals surface area contributed by atoms with Gasteiger partial charge in [0.05, 0.1) is 7.11 Å². The van der Waals surface area contributed by atoms with Crippen LogP contribution >= 0.6 is 0 Å². The van der Waals surface area contributed by atoms with Gasteiger partial charge in [-0.1, -0.05) is 43.9 Å². The molecule has 0 aromatic heterocycles. The van der Waals surface area contributed by atoms with Crippen molar-refractivity contribution in [3.05, 3.63) is 29.8 Å². The highest BCUT2D eigenvalue weighted by Crippen LogP contribution is 2.28. The molecule has 116 valence electrons. The number of para-hydroxylation sites is 1. The molecule has 21 heavy (non-hydrogen) atoms. The lowest BCUT2D eigenvalue weighted by Gasteiger charge is -2.19. The molecule has 1 aliphatic rings. The van der Waals surface area contributed by atoms with Crippen LogP contribution in [0.15, 0.2) is 24.3 Å². The summed E-state index contributed by atoms with van der Waals surface area (Å²) in [7, 11) is 1.37. The van der Waals surface area contributed by atoms with Gasteiger partial charge in [0.2, 0.25) is 0 Å². The molecule has 1 aromatic carbocycles. The van der Waals surface area contributed by atoms with E-state index in [2.05, 4.69) is 22.3 Å². The van der Waals surface area contributed by atoms with Crippen molar-refractivity contribution in [1.82, 2.24) is 5.32 Å². The second-order valence-electron chi connectivity index (χ2n) is 5.94. The molecule has 1 fully saturated rings. The van der Waals surface area contributed by atoms with E-state index in [-0.39, 0.29) is 0 Å². The summed E-state index contributed by atoms with van der Waals surface area (Å²) in [6, 6.07) is 8.33. The van der Waals surface area contributed by atoms with Gasteiger partial charge in [0.15, 0.2) is 0 Å². The number of amides is 1. The SMILES string of the molecule is COC(=O)Nc1ccccc1CN[C@@H](C)CC1CCCC1. The fraction of sp³-hybridized carbons (Fsp3) is 0.588. The lowest BCUT2D eigenvalue weighted by Crippen LogP contribution is -2.28. The molecule has 1 aliphatic carbocycles. The predicted molar refractivity (Wildman–Crippen MR) is 85.3 cm³/mol. The zero-order valence-electron chi connectivity index (χ0n) is 13.0. The Morgan fingerprint density at radius 2 is 2.05 bits per heavy atom. The number of hydrogen-bond acceptors (Lipinski definition) is 3. The third kappa shape index (κ3) is 5.05. The van der Waals surface area contributed by atoms with Crippen molar-refractivity contribution >= 4 is 11.8 Å². The van der Waals surface area contributed by atoms with Crippen LogP contribution in [-0.2, 0) is 11.3 Å². The second kappa shape index (κ2) is 8.03. The molecule has 4 nitrogen and oxygen atoms in total. The number of methoxy groups -OCH3 is 1. The van der Waals surface area contributed by atoms with E-state index in [1.807, 2.05) is 24.3 Å². The van der Waals surface area contributed by atoms with Gasteiger partial charge in [-0.15, -0.1) is 0 Å². The summed E-state index contributed by atoms with van der Waals surface area (Å²) in [6.45, 7) is 3.00.